The molecule has 1 aromatic heterocycles. The van der Waals surface area contributed by atoms with Gasteiger partial charge in [-0.1, -0.05) is 34.6 Å². The van der Waals surface area contributed by atoms with Crippen molar-refractivity contribution in [3.8, 4) is 0 Å². The van der Waals surface area contributed by atoms with Gasteiger partial charge in [0.1, 0.15) is 12.3 Å². The first-order chi connectivity index (χ1) is 13.8. The normalized spacial score (nSPS) is 16.4. The molecule has 0 unspecified atom stereocenters. The van der Waals surface area contributed by atoms with E-state index in [1.165, 1.54) is 0 Å². The van der Waals surface area contributed by atoms with Gasteiger partial charge in [0.05, 0.1) is 6.20 Å². The zero-order valence-electron chi connectivity index (χ0n) is 19.0. The summed E-state index contributed by atoms with van der Waals surface area (Å²) in [4.78, 5) is 23.6. The number of carbonyl (C=O) groups excluding carboxylic acids is 1. The van der Waals surface area contributed by atoms with Crippen LogP contribution in [0, 0.1) is 5.92 Å². The molecule has 2 N–H and O–H groups in total. The van der Waals surface area contributed by atoms with E-state index in [0.29, 0.717) is 24.4 Å². The summed E-state index contributed by atoms with van der Waals surface area (Å²) in [6, 6.07) is 0.313. The highest BCUT2D eigenvalue weighted by Gasteiger charge is 2.27. The van der Waals surface area contributed by atoms with Gasteiger partial charge >= 0.3 is 0 Å². The number of oxazole rings is 1. The van der Waals surface area contributed by atoms with Crippen molar-refractivity contribution >= 4 is 11.9 Å². The Morgan fingerprint density at radius 1 is 1.28 bits per heavy atom. The Balaban J connectivity index is 1.90. The van der Waals surface area contributed by atoms with Crippen LogP contribution in [0.5, 0.6) is 0 Å². The molecule has 7 heteroatoms. The van der Waals surface area contributed by atoms with E-state index in [1.807, 2.05) is 4.90 Å². The van der Waals surface area contributed by atoms with Crippen LogP contribution in [-0.4, -0.2) is 47.4 Å². The number of nitrogens with zero attached hydrogens (tertiary/aromatic N) is 3. The first-order valence-electron chi connectivity index (χ1n) is 11.1. The topological polar surface area (TPSA) is 82.8 Å². The Hall–Kier alpha value is -2.05. The molecule has 0 bridgehead atoms. The summed E-state index contributed by atoms with van der Waals surface area (Å²) in [6.07, 6.45) is 5.50. The molecule has 1 aliphatic rings. The Labute approximate surface area is 175 Å². The van der Waals surface area contributed by atoms with Crippen LogP contribution >= 0.6 is 0 Å². The third-order valence-electron chi connectivity index (χ3n) is 5.49. The molecule has 29 heavy (non-hydrogen) atoms. The van der Waals surface area contributed by atoms with Gasteiger partial charge in [-0.05, 0) is 32.6 Å². The summed E-state index contributed by atoms with van der Waals surface area (Å²) in [5.74, 6) is 2.74. The van der Waals surface area contributed by atoms with Crippen LogP contribution in [0.25, 0.3) is 0 Å². The molecule has 1 fully saturated rings. The number of guanidine groups is 1. The minimum Gasteiger partial charge on any atom is -0.443 e. The summed E-state index contributed by atoms with van der Waals surface area (Å²) < 4.78 is 5.83. The van der Waals surface area contributed by atoms with Gasteiger partial charge in [0.15, 0.2) is 5.96 Å². The number of amides is 1. The maximum Gasteiger partial charge on any atom is 0.225 e. The van der Waals surface area contributed by atoms with E-state index in [1.54, 1.807) is 6.20 Å². The van der Waals surface area contributed by atoms with E-state index < -0.39 is 0 Å². The molecule has 0 spiro atoms. The van der Waals surface area contributed by atoms with E-state index in [0.717, 1.165) is 57.0 Å². The molecule has 164 valence electrons. The van der Waals surface area contributed by atoms with Gasteiger partial charge in [0, 0.05) is 37.0 Å². The SMILES string of the molecule is CCNC(=NCc1ncc(C(C)(C)C)o1)NC1CCN(C(=O)C(CC)CC)CC1. The van der Waals surface area contributed by atoms with Crippen molar-refractivity contribution in [3.63, 3.8) is 0 Å². The number of nitrogens with one attached hydrogen (secondary N) is 2. The minimum atomic E-state index is -0.0579. The fourth-order valence-corrected chi connectivity index (χ4v) is 3.53. The van der Waals surface area contributed by atoms with Gasteiger partial charge in [-0.15, -0.1) is 0 Å². The Bertz CT molecular complexity index is 665. The zero-order chi connectivity index (χ0) is 21.4. The van der Waals surface area contributed by atoms with Crippen molar-refractivity contribution in [3.05, 3.63) is 17.8 Å². The smallest absolute Gasteiger partial charge is 0.225 e. The van der Waals surface area contributed by atoms with Crippen molar-refractivity contribution in [1.29, 1.82) is 0 Å². The minimum absolute atomic E-state index is 0.0579. The molecule has 1 aliphatic heterocycles. The van der Waals surface area contributed by atoms with Gasteiger partial charge < -0.3 is 20.0 Å². The highest BCUT2D eigenvalue weighted by atomic mass is 16.4. The lowest BCUT2D eigenvalue weighted by Crippen LogP contribution is -2.50. The molecule has 7 nitrogen and oxygen atoms in total. The second-order valence-corrected chi connectivity index (χ2v) is 8.82. The number of hydrogen-bond acceptors (Lipinski definition) is 4. The number of carbonyl (C=O) groups is 1. The third-order valence-corrected chi connectivity index (χ3v) is 5.49. The molecule has 0 aliphatic carbocycles. The molecule has 1 aromatic rings. The van der Waals surface area contributed by atoms with Crippen LogP contribution in [0.1, 0.15) is 78.9 Å². The van der Waals surface area contributed by atoms with E-state index in [4.69, 9.17) is 4.42 Å². The van der Waals surface area contributed by atoms with Crippen LogP contribution in [0.15, 0.2) is 15.6 Å². The van der Waals surface area contributed by atoms with Crippen LogP contribution in [-0.2, 0) is 16.8 Å². The summed E-state index contributed by atoms with van der Waals surface area (Å²) in [7, 11) is 0. The van der Waals surface area contributed by atoms with Crippen molar-refractivity contribution in [2.75, 3.05) is 19.6 Å². The number of aliphatic imine (C=N–C) groups is 1. The molecular formula is C22H39N5O2. The first kappa shape index (κ1) is 23.2. The fraction of sp³-hybridized carbons (Fsp3) is 0.773. The molecule has 2 rings (SSSR count). The summed E-state index contributed by atoms with van der Waals surface area (Å²) in [5, 5.41) is 6.81. The van der Waals surface area contributed by atoms with E-state index in [2.05, 4.69) is 62.2 Å². The Morgan fingerprint density at radius 3 is 2.45 bits per heavy atom. The lowest BCUT2D eigenvalue weighted by Gasteiger charge is -2.34. The number of piperidine rings is 1. The molecule has 0 radical (unpaired) electrons. The van der Waals surface area contributed by atoms with E-state index in [-0.39, 0.29) is 11.3 Å². The summed E-state index contributed by atoms with van der Waals surface area (Å²) >= 11 is 0. The van der Waals surface area contributed by atoms with Gasteiger partial charge in [0.25, 0.3) is 0 Å². The maximum absolute atomic E-state index is 12.6. The second-order valence-electron chi connectivity index (χ2n) is 8.82. The standard InChI is InChI=1S/C22H39N5O2/c1-7-16(8-2)20(28)27-12-10-17(11-13-27)26-21(23-9-3)25-15-19-24-14-18(29-19)22(4,5)6/h14,16-17H,7-13,15H2,1-6H3,(H2,23,25,26). The maximum atomic E-state index is 12.6. The molecule has 0 aromatic carbocycles. The second kappa shape index (κ2) is 10.6. The largest absolute Gasteiger partial charge is 0.443 e. The number of rotatable bonds is 7. The molecule has 0 saturated carbocycles. The zero-order valence-corrected chi connectivity index (χ0v) is 19.0. The Morgan fingerprint density at radius 2 is 1.93 bits per heavy atom. The molecule has 0 atom stereocenters. The molecule has 1 saturated heterocycles. The van der Waals surface area contributed by atoms with Crippen molar-refractivity contribution < 1.29 is 9.21 Å². The fourth-order valence-electron chi connectivity index (χ4n) is 3.53. The molecule has 2 heterocycles. The summed E-state index contributed by atoms with van der Waals surface area (Å²) in [5.41, 5.74) is -0.0579. The van der Waals surface area contributed by atoms with E-state index in [9.17, 15) is 4.79 Å². The van der Waals surface area contributed by atoms with Gasteiger partial charge in [-0.3, -0.25) is 4.79 Å². The highest BCUT2D eigenvalue weighted by Crippen LogP contribution is 2.23. The van der Waals surface area contributed by atoms with Gasteiger partial charge in [0.2, 0.25) is 11.8 Å². The van der Waals surface area contributed by atoms with Crippen LogP contribution < -0.4 is 10.6 Å². The van der Waals surface area contributed by atoms with Crippen LogP contribution in [0.3, 0.4) is 0 Å². The van der Waals surface area contributed by atoms with Gasteiger partial charge in [-0.25, -0.2) is 9.98 Å². The predicted octanol–water partition coefficient (Wildman–Crippen LogP) is 3.45. The lowest BCUT2D eigenvalue weighted by molar-refractivity contribution is -0.136. The van der Waals surface area contributed by atoms with Crippen molar-refractivity contribution in [2.45, 2.75) is 85.2 Å². The van der Waals surface area contributed by atoms with Crippen LogP contribution in [0.2, 0.25) is 0 Å². The number of aromatic nitrogens is 1. The quantitative estimate of drug-likeness (QED) is 0.536. The number of hydrogen-bond donors (Lipinski definition) is 2. The lowest BCUT2D eigenvalue weighted by atomic mass is 9.94. The molecular weight excluding hydrogens is 366 g/mol. The average molecular weight is 406 g/mol. The first-order valence-corrected chi connectivity index (χ1v) is 11.1. The average Bonchev–Trinajstić information content (AvgIpc) is 3.17. The molecule has 1 amide bonds. The Kier molecular flexibility index (Phi) is 8.53. The van der Waals surface area contributed by atoms with Gasteiger partial charge in [-0.2, -0.15) is 0 Å². The van der Waals surface area contributed by atoms with Crippen molar-refractivity contribution in [2.24, 2.45) is 10.9 Å². The monoisotopic (exact) mass is 405 g/mol. The number of likely N-dealkylation sites (tertiary alicyclic amines) is 1. The highest BCUT2D eigenvalue weighted by molar-refractivity contribution is 5.80. The van der Waals surface area contributed by atoms with Crippen molar-refractivity contribution in [1.82, 2.24) is 20.5 Å². The van der Waals surface area contributed by atoms with Crippen LogP contribution in [0.4, 0.5) is 0 Å². The van der Waals surface area contributed by atoms with E-state index >= 15 is 0 Å². The predicted molar refractivity (Wildman–Crippen MR) is 117 cm³/mol. The third kappa shape index (κ3) is 6.75. The summed E-state index contributed by atoms with van der Waals surface area (Å²) in [6.45, 7) is 15.4.